The molecule has 122 valence electrons. The lowest BCUT2D eigenvalue weighted by Crippen LogP contribution is -2.14. The summed E-state index contributed by atoms with van der Waals surface area (Å²) in [5, 5.41) is 11.7. The number of nitrogens with zero attached hydrogens (tertiary/aromatic N) is 1. The Labute approximate surface area is 137 Å². The van der Waals surface area contributed by atoms with Crippen molar-refractivity contribution in [2.24, 2.45) is 0 Å². The first-order chi connectivity index (χ1) is 11.6. The van der Waals surface area contributed by atoms with Gasteiger partial charge in [0.05, 0.1) is 6.26 Å². The number of pyridine rings is 1. The molecule has 0 atom stereocenters. The number of rotatable bonds is 5. The molecule has 0 aliphatic carbocycles. The van der Waals surface area contributed by atoms with Gasteiger partial charge in [0.25, 0.3) is 0 Å². The number of hydrogen-bond acceptors (Lipinski definition) is 4. The number of nitrogens with one attached hydrogen (secondary N) is 1. The monoisotopic (exact) mass is 326 g/mol. The van der Waals surface area contributed by atoms with Crippen LogP contribution in [-0.4, -0.2) is 22.6 Å². The van der Waals surface area contributed by atoms with Gasteiger partial charge >= 0.3 is 5.97 Å². The lowest BCUT2D eigenvalue weighted by molar-refractivity contribution is -0.134. The molecular formula is C18H15FN2O3. The Morgan fingerprint density at radius 3 is 2.71 bits per heavy atom. The van der Waals surface area contributed by atoms with E-state index in [1.54, 1.807) is 43.3 Å². The topological polar surface area (TPSA) is 75.4 Å². The van der Waals surface area contributed by atoms with E-state index in [-0.39, 0.29) is 12.4 Å². The molecule has 3 aromatic rings. The third-order valence-electron chi connectivity index (χ3n) is 3.62. The first-order valence-electron chi connectivity index (χ1n) is 7.32. The largest absolute Gasteiger partial charge is 0.480 e. The van der Waals surface area contributed by atoms with E-state index >= 15 is 0 Å². The van der Waals surface area contributed by atoms with Crippen LogP contribution < -0.4 is 5.32 Å². The predicted octanol–water partition coefficient (Wildman–Crippen LogP) is 3.95. The van der Waals surface area contributed by atoms with E-state index in [1.807, 2.05) is 0 Å². The minimum absolute atomic E-state index is 0.286. The molecule has 0 saturated heterocycles. The fourth-order valence-electron chi connectivity index (χ4n) is 2.45. The molecule has 2 N–H and O–H groups in total. The SMILES string of the molecule is Cc1c(-c2ccccc2F)cc(-c2ccco2)nc1NCC(=O)O. The molecule has 0 bridgehead atoms. The zero-order valence-electron chi connectivity index (χ0n) is 12.9. The number of hydrogen-bond donors (Lipinski definition) is 2. The number of halogens is 1. The normalized spacial score (nSPS) is 10.6. The van der Waals surface area contributed by atoms with Gasteiger partial charge in [0.1, 0.15) is 23.9 Å². The van der Waals surface area contributed by atoms with Crippen molar-refractivity contribution in [3.05, 3.63) is 60.1 Å². The second kappa shape index (κ2) is 6.54. The van der Waals surface area contributed by atoms with Crippen molar-refractivity contribution >= 4 is 11.8 Å². The van der Waals surface area contributed by atoms with Crippen molar-refractivity contribution < 1.29 is 18.7 Å². The van der Waals surface area contributed by atoms with E-state index in [0.717, 1.165) is 0 Å². The molecule has 0 spiro atoms. The van der Waals surface area contributed by atoms with Gasteiger partial charge in [-0.2, -0.15) is 0 Å². The van der Waals surface area contributed by atoms with E-state index < -0.39 is 5.97 Å². The molecule has 0 saturated carbocycles. The lowest BCUT2D eigenvalue weighted by atomic mass is 9.99. The molecule has 6 heteroatoms. The number of anilines is 1. The van der Waals surface area contributed by atoms with Crippen LogP contribution in [0, 0.1) is 12.7 Å². The van der Waals surface area contributed by atoms with Crippen LogP contribution in [0.1, 0.15) is 5.56 Å². The van der Waals surface area contributed by atoms with Gasteiger partial charge in [-0.15, -0.1) is 0 Å². The number of benzene rings is 1. The molecular weight excluding hydrogens is 311 g/mol. The van der Waals surface area contributed by atoms with E-state index in [9.17, 15) is 9.18 Å². The summed E-state index contributed by atoms with van der Waals surface area (Å²) in [7, 11) is 0. The average Bonchev–Trinajstić information content (AvgIpc) is 3.09. The van der Waals surface area contributed by atoms with Crippen LogP contribution in [0.25, 0.3) is 22.6 Å². The Morgan fingerprint density at radius 1 is 1.25 bits per heavy atom. The van der Waals surface area contributed by atoms with E-state index in [4.69, 9.17) is 9.52 Å². The second-order valence-electron chi connectivity index (χ2n) is 5.23. The summed E-state index contributed by atoms with van der Waals surface area (Å²) < 4.78 is 19.6. The molecule has 24 heavy (non-hydrogen) atoms. The molecule has 0 aliphatic heterocycles. The van der Waals surface area contributed by atoms with Gasteiger partial charge in [0.2, 0.25) is 0 Å². The summed E-state index contributed by atoms with van der Waals surface area (Å²) in [6, 6.07) is 11.6. The summed E-state index contributed by atoms with van der Waals surface area (Å²) >= 11 is 0. The van der Waals surface area contributed by atoms with Crippen LogP contribution in [0.2, 0.25) is 0 Å². The molecule has 3 rings (SSSR count). The number of aliphatic carboxylic acids is 1. The van der Waals surface area contributed by atoms with Gasteiger partial charge in [-0.3, -0.25) is 4.79 Å². The third-order valence-corrected chi connectivity index (χ3v) is 3.62. The maximum absolute atomic E-state index is 14.2. The summed E-state index contributed by atoms with van der Waals surface area (Å²) in [5.74, 6) is -0.469. The summed E-state index contributed by atoms with van der Waals surface area (Å²) in [6.45, 7) is 1.48. The van der Waals surface area contributed by atoms with Crippen LogP contribution in [0.3, 0.4) is 0 Å². The second-order valence-corrected chi connectivity index (χ2v) is 5.23. The van der Waals surface area contributed by atoms with Crippen LogP contribution >= 0.6 is 0 Å². The Morgan fingerprint density at radius 2 is 2.04 bits per heavy atom. The molecule has 0 radical (unpaired) electrons. The number of carboxylic acids is 1. The smallest absolute Gasteiger partial charge is 0.322 e. The Kier molecular flexibility index (Phi) is 4.29. The molecule has 0 aliphatic rings. The first-order valence-corrected chi connectivity index (χ1v) is 7.32. The quantitative estimate of drug-likeness (QED) is 0.742. The average molecular weight is 326 g/mol. The predicted molar refractivity (Wildman–Crippen MR) is 88.2 cm³/mol. The maximum atomic E-state index is 14.2. The van der Waals surface area contributed by atoms with Crippen LogP contribution in [0.5, 0.6) is 0 Å². The minimum atomic E-state index is -1.01. The molecule has 0 unspecified atom stereocenters. The van der Waals surface area contributed by atoms with E-state index in [2.05, 4.69) is 10.3 Å². The highest BCUT2D eigenvalue weighted by atomic mass is 19.1. The van der Waals surface area contributed by atoms with Gasteiger partial charge < -0.3 is 14.8 Å². The van der Waals surface area contributed by atoms with Crippen molar-refractivity contribution in [3.63, 3.8) is 0 Å². The van der Waals surface area contributed by atoms with Crippen molar-refractivity contribution in [2.45, 2.75) is 6.92 Å². The highest BCUT2D eigenvalue weighted by Crippen LogP contribution is 2.33. The maximum Gasteiger partial charge on any atom is 0.322 e. The first kappa shape index (κ1) is 15.7. The standard InChI is InChI=1S/C18H15FN2O3/c1-11-13(12-5-2-3-6-14(12)19)9-15(16-7-4-8-24-16)21-18(11)20-10-17(22)23/h2-9H,10H2,1H3,(H,20,21)(H,22,23). The highest BCUT2D eigenvalue weighted by molar-refractivity contribution is 5.79. The van der Waals surface area contributed by atoms with E-state index in [1.165, 1.54) is 12.3 Å². The lowest BCUT2D eigenvalue weighted by Gasteiger charge is -2.14. The fraction of sp³-hybridized carbons (Fsp3) is 0.111. The van der Waals surface area contributed by atoms with Crippen LogP contribution in [0.4, 0.5) is 10.2 Å². The van der Waals surface area contributed by atoms with Gasteiger partial charge in [0.15, 0.2) is 5.76 Å². The van der Waals surface area contributed by atoms with Gasteiger partial charge in [-0.05, 0) is 42.3 Å². The molecule has 0 amide bonds. The molecule has 1 aromatic carbocycles. The number of carboxylic acid groups (broad SMARTS) is 1. The van der Waals surface area contributed by atoms with E-state index in [0.29, 0.717) is 34.0 Å². The number of furan rings is 1. The zero-order chi connectivity index (χ0) is 17.1. The van der Waals surface area contributed by atoms with Gasteiger partial charge in [-0.25, -0.2) is 9.37 Å². The van der Waals surface area contributed by atoms with Crippen molar-refractivity contribution in [3.8, 4) is 22.6 Å². The molecule has 2 aromatic heterocycles. The van der Waals surface area contributed by atoms with Crippen molar-refractivity contribution in [1.82, 2.24) is 4.98 Å². The Balaban J connectivity index is 2.16. The number of aromatic nitrogens is 1. The van der Waals surface area contributed by atoms with Gasteiger partial charge in [0, 0.05) is 5.56 Å². The molecule has 2 heterocycles. The minimum Gasteiger partial charge on any atom is -0.480 e. The Bertz CT molecular complexity index is 876. The Hall–Kier alpha value is -3.15. The summed E-state index contributed by atoms with van der Waals surface area (Å²) in [5.41, 5.74) is 2.21. The van der Waals surface area contributed by atoms with Crippen molar-refractivity contribution in [2.75, 3.05) is 11.9 Å². The van der Waals surface area contributed by atoms with Gasteiger partial charge in [-0.1, -0.05) is 18.2 Å². The summed E-state index contributed by atoms with van der Waals surface area (Å²) in [6.07, 6.45) is 1.52. The van der Waals surface area contributed by atoms with Crippen LogP contribution in [-0.2, 0) is 4.79 Å². The third kappa shape index (κ3) is 3.12. The summed E-state index contributed by atoms with van der Waals surface area (Å²) in [4.78, 5) is 15.2. The number of carbonyl (C=O) groups is 1. The van der Waals surface area contributed by atoms with Crippen LogP contribution in [0.15, 0.2) is 53.1 Å². The molecule has 0 fully saturated rings. The highest BCUT2D eigenvalue weighted by Gasteiger charge is 2.16. The zero-order valence-corrected chi connectivity index (χ0v) is 12.9. The van der Waals surface area contributed by atoms with Crippen molar-refractivity contribution in [1.29, 1.82) is 0 Å². The fourth-order valence-corrected chi connectivity index (χ4v) is 2.45. The molecule has 5 nitrogen and oxygen atoms in total.